The third kappa shape index (κ3) is 4.88. The monoisotopic (exact) mass is 333 g/mol. The molecule has 3 nitrogen and oxygen atoms in total. The summed E-state index contributed by atoms with van der Waals surface area (Å²) in [6.07, 6.45) is 0. The third-order valence-corrected chi connectivity index (χ3v) is 3.97. The molecule has 0 heterocycles. The summed E-state index contributed by atoms with van der Waals surface area (Å²) < 4.78 is 11.7. The minimum absolute atomic E-state index is 0.496. The van der Waals surface area contributed by atoms with Gasteiger partial charge >= 0.3 is 0 Å². The Morgan fingerprint density at radius 3 is 2.43 bits per heavy atom. The molecule has 0 aromatic heterocycles. The maximum Gasteiger partial charge on any atom is 0.163 e. The van der Waals surface area contributed by atoms with Crippen LogP contribution in [0.1, 0.15) is 30.5 Å². The van der Waals surface area contributed by atoms with Crippen molar-refractivity contribution in [2.75, 3.05) is 13.2 Å². The fourth-order valence-corrected chi connectivity index (χ4v) is 2.50. The Labute approximate surface area is 143 Å². The summed E-state index contributed by atoms with van der Waals surface area (Å²) in [4.78, 5) is 0. The van der Waals surface area contributed by atoms with Gasteiger partial charge in [-0.15, -0.1) is 0 Å². The molecule has 0 aliphatic rings. The van der Waals surface area contributed by atoms with E-state index in [9.17, 15) is 0 Å². The first-order valence-corrected chi connectivity index (χ1v) is 8.36. The van der Waals surface area contributed by atoms with Crippen LogP contribution < -0.4 is 14.8 Å². The number of ether oxygens (including phenoxy) is 2. The minimum Gasteiger partial charge on any atom is -0.490 e. The lowest BCUT2D eigenvalue weighted by molar-refractivity contribution is 0.268. The second-order valence-electron chi connectivity index (χ2n) is 5.32. The second kappa shape index (κ2) is 8.80. The molecule has 0 amide bonds. The van der Waals surface area contributed by atoms with Crippen molar-refractivity contribution in [2.45, 2.75) is 33.9 Å². The molecule has 0 aliphatic carbocycles. The van der Waals surface area contributed by atoms with Crippen LogP contribution in [0.15, 0.2) is 36.4 Å². The van der Waals surface area contributed by atoms with E-state index < -0.39 is 0 Å². The number of hydrogen-bond acceptors (Lipinski definition) is 3. The van der Waals surface area contributed by atoms with E-state index in [-0.39, 0.29) is 0 Å². The summed E-state index contributed by atoms with van der Waals surface area (Å²) in [5.74, 6) is 1.42. The van der Waals surface area contributed by atoms with Gasteiger partial charge in [-0.05, 0) is 43.1 Å². The molecule has 0 unspecified atom stereocenters. The zero-order chi connectivity index (χ0) is 16.7. The van der Waals surface area contributed by atoms with E-state index in [2.05, 4.69) is 31.3 Å². The van der Waals surface area contributed by atoms with E-state index in [1.807, 2.05) is 31.2 Å². The van der Waals surface area contributed by atoms with Crippen molar-refractivity contribution >= 4 is 11.6 Å². The first kappa shape index (κ1) is 17.6. The number of hydrogen-bond donors (Lipinski definition) is 1. The van der Waals surface area contributed by atoms with Gasteiger partial charge in [-0.25, -0.2) is 0 Å². The largest absolute Gasteiger partial charge is 0.490 e. The lowest BCUT2D eigenvalue weighted by Gasteiger charge is -2.16. The van der Waals surface area contributed by atoms with Crippen molar-refractivity contribution in [1.82, 2.24) is 5.32 Å². The zero-order valence-corrected chi connectivity index (χ0v) is 14.7. The maximum absolute atomic E-state index is 6.37. The molecule has 0 saturated heterocycles. The maximum atomic E-state index is 6.37. The van der Waals surface area contributed by atoms with Gasteiger partial charge in [0.1, 0.15) is 6.61 Å². The first-order chi connectivity index (χ1) is 11.2. The highest BCUT2D eigenvalue weighted by Crippen LogP contribution is 2.34. The van der Waals surface area contributed by atoms with Crippen LogP contribution in [0, 0.1) is 6.92 Å². The van der Waals surface area contributed by atoms with Gasteiger partial charge in [-0.3, -0.25) is 0 Å². The average molecular weight is 334 g/mol. The Kier molecular flexibility index (Phi) is 6.75. The number of halogens is 1. The molecule has 0 bridgehead atoms. The number of aryl methyl sites for hydroxylation is 1. The Bertz CT molecular complexity index is 643. The van der Waals surface area contributed by atoms with E-state index in [0.29, 0.717) is 30.5 Å². The van der Waals surface area contributed by atoms with Crippen molar-refractivity contribution in [1.29, 1.82) is 0 Å². The molecule has 2 aromatic rings. The van der Waals surface area contributed by atoms with Crippen molar-refractivity contribution in [3.63, 3.8) is 0 Å². The van der Waals surface area contributed by atoms with Gasteiger partial charge < -0.3 is 14.8 Å². The van der Waals surface area contributed by atoms with Gasteiger partial charge in [-0.2, -0.15) is 0 Å². The van der Waals surface area contributed by atoms with Crippen LogP contribution in [-0.4, -0.2) is 13.2 Å². The molecule has 2 aromatic carbocycles. The topological polar surface area (TPSA) is 30.5 Å². The van der Waals surface area contributed by atoms with E-state index in [1.54, 1.807) is 0 Å². The molecule has 23 heavy (non-hydrogen) atoms. The number of benzene rings is 2. The Morgan fingerprint density at radius 1 is 1.00 bits per heavy atom. The molecule has 124 valence electrons. The summed E-state index contributed by atoms with van der Waals surface area (Å²) in [5.41, 5.74) is 3.38. The van der Waals surface area contributed by atoms with Crippen LogP contribution in [0.5, 0.6) is 11.5 Å². The van der Waals surface area contributed by atoms with Gasteiger partial charge in [-0.1, -0.05) is 42.8 Å². The molecule has 0 aliphatic heterocycles. The standard InChI is InChI=1S/C19H24ClNO2/c1-4-21-12-16-10-18(22-5-2)19(11-17(16)20)23-13-15-9-7-6-8-14(15)3/h6-11,21H,4-5,12-13H2,1-3H3. The molecule has 0 saturated carbocycles. The summed E-state index contributed by atoms with van der Waals surface area (Å²) >= 11 is 6.37. The molecule has 0 atom stereocenters. The van der Waals surface area contributed by atoms with Crippen molar-refractivity contribution < 1.29 is 9.47 Å². The SMILES string of the molecule is CCNCc1cc(OCC)c(OCc2ccccc2C)cc1Cl. The molecule has 2 rings (SSSR count). The Morgan fingerprint density at radius 2 is 1.74 bits per heavy atom. The lowest BCUT2D eigenvalue weighted by atomic mass is 10.1. The van der Waals surface area contributed by atoms with Gasteiger partial charge in [0.25, 0.3) is 0 Å². The van der Waals surface area contributed by atoms with Gasteiger partial charge in [0.15, 0.2) is 11.5 Å². The van der Waals surface area contributed by atoms with E-state index in [1.165, 1.54) is 5.56 Å². The average Bonchev–Trinajstić information content (AvgIpc) is 2.55. The Hall–Kier alpha value is -1.71. The van der Waals surface area contributed by atoms with Crippen molar-refractivity contribution in [2.24, 2.45) is 0 Å². The molecular formula is C19H24ClNO2. The summed E-state index contributed by atoms with van der Waals surface area (Å²) in [6.45, 7) is 8.80. The first-order valence-electron chi connectivity index (χ1n) is 7.99. The predicted octanol–water partition coefficient (Wildman–Crippen LogP) is 4.74. The number of nitrogens with one attached hydrogen (secondary N) is 1. The summed E-state index contributed by atoms with van der Waals surface area (Å²) in [5, 5.41) is 3.97. The molecule has 0 fully saturated rings. The van der Waals surface area contributed by atoms with E-state index in [4.69, 9.17) is 21.1 Å². The summed E-state index contributed by atoms with van der Waals surface area (Å²) in [6, 6.07) is 12.0. The highest BCUT2D eigenvalue weighted by atomic mass is 35.5. The third-order valence-electron chi connectivity index (χ3n) is 3.62. The van der Waals surface area contributed by atoms with Gasteiger partial charge in [0, 0.05) is 17.6 Å². The molecule has 4 heteroatoms. The highest BCUT2D eigenvalue weighted by Gasteiger charge is 2.11. The Balaban J connectivity index is 2.19. The van der Waals surface area contributed by atoms with Crippen molar-refractivity contribution in [3.05, 3.63) is 58.1 Å². The van der Waals surface area contributed by atoms with Crippen molar-refractivity contribution in [3.8, 4) is 11.5 Å². The van der Waals surface area contributed by atoms with Gasteiger partial charge in [0.2, 0.25) is 0 Å². The highest BCUT2D eigenvalue weighted by molar-refractivity contribution is 6.31. The van der Waals surface area contributed by atoms with Crippen LogP contribution >= 0.6 is 11.6 Å². The molecule has 0 spiro atoms. The van der Waals surface area contributed by atoms with E-state index in [0.717, 1.165) is 23.4 Å². The number of rotatable bonds is 8. The van der Waals surface area contributed by atoms with E-state index >= 15 is 0 Å². The van der Waals surface area contributed by atoms with Crippen LogP contribution in [0.3, 0.4) is 0 Å². The zero-order valence-electron chi connectivity index (χ0n) is 14.0. The molecule has 1 N–H and O–H groups in total. The predicted molar refractivity (Wildman–Crippen MR) is 95.5 cm³/mol. The quantitative estimate of drug-likeness (QED) is 0.757. The van der Waals surface area contributed by atoms with Gasteiger partial charge in [0.05, 0.1) is 6.61 Å². The fraction of sp³-hybridized carbons (Fsp3) is 0.368. The molecular weight excluding hydrogens is 310 g/mol. The van der Waals surface area contributed by atoms with Crippen LogP contribution in [-0.2, 0) is 13.2 Å². The smallest absolute Gasteiger partial charge is 0.163 e. The summed E-state index contributed by atoms with van der Waals surface area (Å²) in [7, 11) is 0. The molecule has 0 radical (unpaired) electrons. The normalized spacial score (nSPS) is 10.6. The second-order valence-corrected chi connectivity index (χ2v) is 5.73. The minimum atomic E-state index is 0.496. The lowest BCUT2D eigenvalue weighted by Crippen LogP contribution is -2.12. The fourth-order valence-electron chi connectivity index (χ4n) is 2.28. The van der Waals surface area contributed by atoms with Crippen LogP contribution in [0.25, 0.3) is 0 Å². The van der Waals surface area contributed by atoms with Crippen LogP contribution in [0.2, 0.25) is 5.02 Å². The van der Waals surface area contributed by atoms with Crippen LogP contribution in [0.4, 0.5) is 0 Å².